The molecule has 16 heavy (non-hydrogen) atoms. The van der Waals surface area contributed by atoms with Gasteiger partial charge in [0, 0.05) is 17.8 Å². The molecule has 0 amide bonds. The third-order valence-electron chi connectivity index (χ3n) is 2.14. The van der Waals surface area contributed by atoms with Crippen molar-refractivity contribution in [3.05, 3.63) is 40.6 Å². The molecule has 0 saturated heterocycles. The Morgan fingerprint density at radius 2 is 1.94 bits per heavy atom. The summed E-state index contributed by atoms with van der Waals surface area (Å²) in [6.07, 6.45) is 0. The lowest BCUT2D eigenvalue weighted by Gasteiger charge is -2.05. The molecule has 0 saturated carbocycles. The zero-order valence-corrected chi connectivity index (χ0v) is 10.7. The summed E-state index contributed by atoms with van der Waals surface area (Å²) in [5.41, 5.74) is 2.56. The molecule has 3 nitrogen and oxygen atoms in total. The molecule has 0 bridgehead atoms. The number of hydrogen-bond acceptors (Lipinski definition) is 3. The fraction of sp³-hybridized carbons (Fsp3) is 0.167. The Kier molecular flexibility index (Phi) is 3.19. The highest BCUT2D eigenvalue weighted by Crippen LogP contribution is 2.22. The van der Waals surface area contributed by atoms with Gasteiger partial charge < -0.3 is 4.74 Å². The molecule has 0 radical (unpaired) electrons. The second-order valence-electron chi connectivity index (χ2n) is 3.38. The van der Waals surface area contributed by atoms with Gasteiger partial charge in [-0.2, -0.15) is 0 Å². The Balaban J connectivity index is 2.51. The maximum Gasteiger partial charge on any atom is 0.122 e. The lowest BCUT2D eigenvalue weighted by atomic mass is 10.2. The molecular weight excluding hydrogens is 268 g/mol. The summed E-state index contributed by atoms with van der Waals surface area (Å²) in [4.78, 5) is 8.79. The van der Waals surface area contributed by atoms with Crippen LogP contribution >= 0.6 is 15.9 Å². The summed E-state index contributed by atoms with van der Waals surface area (Å²) >= 11 is 3.34. The molecule has 0 aliphatic carbocycles. The maximum atomic E-state index is 5.21. The monoisotopic (exact) mass is 278 g/mol. The van der Waals surface area contributed by atoms with E-state index in [1.54, 1.807) is 7.11 Å². The fourth-order valence-electron chi connectivity index (χ4n) is 1.44. The van der Waals surface area contributed by atoms with Gasteiger partial charge >= 0.3 is 0 Å². The first-order chi connectivity index (χ1) is 7.69. The van der Waals surface area contributed by atoms with Crippen LogP contribution in [-0.4, -0.2) is 17.1 Å². The third-order valence-corrected chi connectivity index (χ3v) is 2.58. The Hall–Kier alpha value is -1.42. The molecule has 0 fully saturated rings. The number of nitrogens with zero attached hydrogens (tertiary/aromatic N) is 2. The number of rotatable bonds is 2. The lowest BCUT2D eigenvalue weighted by molar-refractivity contribution is 0.414. The van der Waals surface area contributed by atoms with Gasteiger partial charge in [0.25, 0.3) is 0 Å². The van der Waals surface area contributed by atoms with Gasteiger partial charge in [-0.3, -0.25) is 4.98 Å². The zero-order valence-electron chi connectivity index (χ0n) is 9.07. The van der Waals surface area contributed by atoms with Crippen molar-refractivity contribution in [2.75, 3.05) is 7.11 Å². The van der Waals surface area contributed by atoms with E-state index in [1.807, 2.05) is 37.3 Å². The first-order valence-electron chi connectivity index (χ1n) is 4.84. The standard InChI is InChI=1S/C12H11BrN2O/c1-8-6-9(16-2)7-11(14-8)10-4-3-5-12(13)15-10/h3-7H,1-2H3. The van der Waals surface area contributed by atoms with Gasteiger partial charge in [0.05, 0.1) is 18.5 Å². The summed E-state index contributed by atoms with van der Waals surface area (Å²) in [5.74, 6) is 0.796. The number of pyridine rings is 2. The average molecular weight is 279 g/mol. The molecule has 0 aliphatic rings. The van der Waals surface area contributed by atoms with Crippen LogP contribution in [0, 0.1) is 6.92 Å². The minimum atomic E-state index is 0.796. The quantitative estimate of drug-likeness (QED) is 0.792. The Morgan fingerprint density at radius 3 is 2.62 bits per heavy atom. The van der Waals surface area contributed by atoms with Gasteiger partial charge in [0.2, 0.25) is 0 Å². The summed E-state index contributed by atoms with van der Waals surface area (Å²) in [6.45, 7) is 1.93. The predicted molar refractivity (Wildman–Crippen MR) is 66.5 cm³/mol. The van der Waals surface area contributed by atoms with Crippen molar-refractivity contribution in [1.29, 1.82) is 0 Å². The second kappa shape index (κ2) is 4.61. The SMILES string of the molecule is COc1cc(C)nc(-c2cccc(Br)n2)c1. The van der Waals surface area contributed by atoms with Crippen molar-refractivity contribution in [2.45, 2.75) is 6.92 Å². The van der Waals surface area contributed by atoms with Crippen LogP contribution in [0.25, 0.3) is 11.4 Å². The number of halogens is 1. The van der Waals surface area contributed by atoms with Crippen LogP contribution < -0.4 is 4.74 Å². The normalized spacial score (nSPS) is 10.2. The van der Waals surface area contributed by atoms with Gasteiger partial charge in [-0.1, -0.05) is 6.07 Å². The Morgan fingerprint density at radius 1 is 1.12 bits per heavy atom. The van der Waals surface area contributed by atoms with Gasteiger partial charge in [-0.05, 0) is 35.0 Å². The molecule has 82 valence electrons. The van der Waals surface area contributed by atoms with Crippen LogP contribution in [0.4, 0.5) is 0 Å². The van der Waals surface area contributed by atoms with E-state index < -0.39 is 0 Å². The molecule has 0 atom stereocenters. The van der Waals surface area contributed by atoms with E-state index in [0.717, 1.165) is 27.4 Å². The number of aryl methyl sites for hydroxylation is 1. The highest BCUT2D eigenvalue weighted by atomic mass is 79.9. The molecule has 0 unspecified atom stereocenters. The maximum absolute atomic E-state index is 5.21. The lowest BCUT2D eigenvalue weighted by Crippen LogP contribution is -1.92. The minimum Gasteiger partial charge on any atom is -0.497 e. The van der Waals surface area contributed by atoms with Crippen LogP contribution in [0.15, 0.2) is 34.9 Å². The van der Waals surface area contributed by atoms with Crippen molar-refractivity contribution in [2.24, 2.45) is 0 Å². The molecule has 2 rings (SSSR count). The topological polar surface area (TPSA) is 35.0 Å². The molecule has 0 aromatic carbocycles. The summed E-state index contributed by atoms with van der Waals surface area (Å²) < 4.78 is 6.01. The molecule has 2 heterocycles. The van der Waals surface area contributed by atoms with E-state index in [-0.39, 0.29) is 0 Å². The van der Waals surface area contributed by atoms with Crippen molar-refractivity contribution >= 4 is 15.9 Å². The van der Waals surface area contributed by atoms with Crippen LogP contribution in [0.2, 0.25) is 0 Å². The highest BCUT2D eigenvalue weighted by Gasteiger charge is 2.04. The zero-order chi connectivity index (χ0) is 11.5. The fourth-order valence-corrected chi connectivity index (χ4v) is 1.78. The van der Waals surface area contributed by atoms with E-state index in [2.05, 4.69) is 25.9 Å². The predicted octanol–water partition coefficient (Wildman–Crippen LogP) is 3.22. The van der Waals surface area contributed by atoms with E-state index in [4.69, 9.17) is 4.74 Å². The molecule has 2 aromatic rings. The van der Waals surface area contributed by atoms with Gasteiger partial charge in [0.15, 0.2) is 0 Å². The van der Waals surface area contributed by atoms with Crippen molar-refractivity contribution in [1.82, 2.24) is 9.97 Å². The van der Waals surface area contributed by atoms with E-state index in [0.29, 0.717) is 0 Å². The largest absolute Gasteiger partial charge is 0.497 e. The number of ether oxygens (including phenoxy) is 1. The van der Waals surface area contributed by atoms with Crippen molar-refractivity contribution in [3.8, 4) is 17.1 Å². The van der Waals surface area contributed by atoms with Crippen LogP contribution in [0.3, 0.4) is 0 Å². The van der Waals surface area contributed by atoms with Crippen LogP contribution in [0.1, 0.15) is 5.69 Å². The molecule has 0 aliphatic heterocycles. The smallest absolute Gasteiger partial charge is 0.122 e. The molecular formula is C12H11BrN2O. The van der Waals surface area contributed by atoms with Crippen LogP contribution in [0.5, 0.6) is 5.75 Å². The molecule has 0 N–H and O–H groups in total. The Bertz CT molecular complexity index is 514. The molecule has 2 aromatic heterocycles. The number of methoxy groups -OCH3 is 1. The van der Waals surface area contributed by atoms with E-state index in [1.165, 1.54) is 0 Å². The first-order valence-corrected chi connectivity index (χ1v) is 5.64. The van der Waals surface area contributed by atoms with E-state index >= 15 is 0 Å². The van der Waals surface area contributed by atoms with Gasteiger partial charge in [-0.25, -0.2) is 4.98 Å². The van der Waals surface area contributed by atoms with Gasteiger partial charge in [-0.15, -0.1) is 0 Å². The summed E-state index contributed by atoms with van der Waals surface area (Å²) in [7, 11) is 1.65. The van der Waals surface area contributed by atoms with E-state index in [9.17, 15) is 0 Å². The number of hydrogen-bond donors (Lipinski definition) is 0. The first kappa shape index (κ1) is 11.1. The number of aromatic nitrogens is 2. The van der Waals surface area contributed by atoms with Crippen LogP contribution in [-0.2, 0) is 0 Å². The third kappa shape index (κ3) is 2.39. The minimum absolute atomic E-state index is 0.796. The Labute approximate surface area is 103 Å². The molecule has 4 heteroatoms. The van der Waals surface area contributed by atoms with Gasteiger partial charge in [0.1, 0.15) is 10.4 Å². The summed E-state index contributed by atoms with van der Waals surface area (Å²) in [5, 5.41) is 0. The average Bonchev–Trinajstić information content (AvgIpc) is 2.28. The van der Waals surface area contributed by atoms with Crippen molar-refractivity contribution in [3.63, 3.8) is 0 Å². The molecule has 0 spiro atoms. The summed E-state index contributed by atoms with van der Waals surface area (Å²) in [6, 6.07) is 9.51. The van der Waals surface area contributed by atoms with Crippen molar-refractivity contribution < 1.29 is 4.74 Å². The highest BCUT2D eigenvalue weighted by molar-refractivity contribution is 9.10. The second-order valence-corrected chi connectivity index (χ2v) is 4.19.